The van der Waals surface area contributed by atoms with Gasteiger partial charge in [0.2, 0.25) is 0 Å². The zero-order valence-electron chi connectivity index (χ0n) is 12.6. The Morgan fingerprint density at radius 3 is 2.60 bits per heavy atom. The molecule has 0 fully saturated rings. The Kier molecular flexibility index (Phi) is 5.22. The highest BCUT2D eigenvalue weighted by Crippen LogP contribution is 2.27. The molecule has 0 aliphatic rings. The number of nitriles is 1. The molecule has 1 aromatic heterocycles. The minimum Gasteiger partial charge on any atom is -0.360 e. The van der Waals surface area contributed by atoms with Crippen LogP contribution in [0.5, 0.6) is 0 Å². The summed E-state index contributed by atoms with van der Waals surface area (Å²) in [5.74, 6) is -1.88. The molecule has 124 valence electrons. The van der Waals surface area contributed by atoms with Crippen molar-refractivity contribution in [1.82, 2.24) is 4.98 Å². The number of hydrogen-bond donors (Lipinski definition) is 1. The van der Waals surface area contributed by atoms with Gasteiger partial charge in [0.25, 0.3) is 0 Å². The minimum absolute atomic E-state index is 0.304. The Morgan fingerprint density at radius 1 is 1.16 bits per heavy atom. The van der Waals surface area contributed by atoms with Crippen molar-refractivity contribution in [3.05, 3.63) is 75.2 Å². The summed E-state index contributed by atoms with van der Waals surface area (Å²) in [5.41, 5.74) is 2.35. The van der Waals surface area contributed by atoms with Crippen molar-refractivity contribution < 1.29 is 8.78 Å². The normalized spacial score (nSPS) is 11.2. The molecule has 0 aliphatic carbocycles. The first-order valence-electron chi connectivity index (χ1n) is 7.10. The van der Waals surface area contributed by atoms with Gasteiger partial charge in [-0.3, -0.25) is 0 Å². The lowest BCUT2D eigenvalue weighted by Gasteiger charge is -2.02. The van der Waals surface area contributed by atoms with Crippen molar-refractivity contribution in [3.8, 4) is 17.3 Å². The van der Waals surface area contributed by atoms with Crippen molar-refractivity contribution in [2.24, 2.45) is 0 Å². The number of nitrogens with one attached hydrogen (secondary N) is 1. The maximum absolute atomic E-state index is 13.2. The summed E-state index contributed by atoms with van der Waals surface area (Å²) in [5, 5.41) is 14.5. The maximum Gasteiger partial charge on any atom is 0.160 e. The Bertz CT molecular complexity index is 975. The molecule has 0 bridgehead atoms. The third-order valence-corrected chi connectivity index (χ3v) is 4.70. The van der Waals surface area contributed by atoms with Crippen molar-refractivity contribution in [1.29, 1.82) is 5.26 Å². The summed E-state index contributed by atoms with van der Waals surface area (Å²) in [4.78, 5) is 4.46. The van der Waals surface area contributed by atoms with E-state index in [4.69, 9.17) is 0 Å². The first kappa shape index (κ1) is 17.3. The van der Waals surface area contributed by atoms with Gasteiger partial charge in [-0.05, 0) is 24.3 Å². The molecule has 0 unspecified atom stereocenters. The van der Waals surface area contributed by atoms with Crippen LogP contribution in [0.15, 0.2) is 58.5 Å². The van der Waals surface area contributed by atoms with Crippen LogP contribution in [-0.4, -0.2) is 4.98 Å². The second-order valence-corrected chi connectivity index (χ2v) is 6.76. The zero-order chi connectivity index (χ0) is 17.8. The van der Waals surface area contributed by atoms with Gasteiger partial charge in [-0.1, -0.05) is 28.1 Å². The molecule has 0 atom stereocenters. The minimum atomic E-state index is -0.955. The van der Waals surface area contributed by atoms with Crippen LogP contribution in [-0.2, 0) is 0 Å². The van der Waals surface area contributed by atoms with Crippen LogP contribution in [0.2, 0.25) is 0 Å². The molecule has 0 aliphatic heterocycles. The molecular weight excluding hydrogens is 408 g/mol. The molecular formula is C18H10BrF2N3S. The van der Waals surface area contributed by atoms with E-state index in [2.05, 4.69) is 32.3 Å². The Labute approximate surface area is 155 Å². The van der Waals surface area contributed by atoms with Crippen molar-refractivity contribution >= 4 is 38.5 Å². The number of benzene rings is 2. The lowest BCUT2D eigenvalue weighted by Crippen LogP contribution is -1.93. The third-order valence-electron chi connectivity index (χ3n) is 3.30. The van der Waals surface area contributed by atoms with E-state index < -0.39 is 11.6 Å². The van der Waals surface area contributed by atoms with E-state index in [9.17, 15) is 14.0 Å². The first-order chi connectivity index (χ1) is 12.1. The van der Waals surface area contributed by atoms with Crippen molar-refractivity contribution in [3.63, 3.8) is 0 Å². The fourth-order valence-electron chi connectivity index (χ4n) is 2.03. The maximum atomic E-state index is 13.2. The molecule has 0 amide bonds. The molecule has 0 spiro atoms. The van der Waals surface area contributed by atoms with E-state index in [-0.39, 0.29) is 0 Å². The standard InChI is InChI=1S/C18H10BrF2N3S/c19-13-3-1-11(2-4-13)17-10-25-18(24-17)12(8-22)9-23-14-5-6-15(20)16(21)7-14/h1-7,9-10,23H/b12-9+. The molecule has 7 heteroatoms. The number of anilines is 1. The number of aromatic nitrogens is 1. The number of thiazole rings is 1. The van der Waals surface area contributed by atoms with E-state index in [0.717, 1.165) is 27.9 Å². The van der Waals surface area contributed by atoms with Crippen LogP contribution in [0.25, 0.3) is 16.8 Å². The number of allylic oxidation sites excluding steroid dienone is 1. The molecule has 2 aromatic carbocycles. The van der Waals surface area contributed by atoms with Gasteiger partial charge in [-0.2, -0.15) is 5.26 Å². The van der Waals surface area contributed by atoms with Gasteiger partial charge in [0, 0.05) is 33.4 Å². The predicted molar refractivity (Wildman–Crippen MR) is 98.8 cm³/mol. The highest BCUT2D eigenvalue weighted by atomic mass is 79.9. The molecule has 1 N–H and O–H groups in total. The van der Waals surface area contributed by atoms with Crippen LogP contribution in [0, 0.1) is 23.0 Å². The van der Waals surface area contributed by atoms with Crippen LogP contribution >= 0.6 is 27.3 Å². The summed E-state index contributed by atoms with van der Waals surface area (Å²) in [6.45, 7) is 0. The van der Waals surface area contributed by atoms with E-state index in [1.54, 1.807) is 0 Å². The van der Waals surface area contributed by atoms with Gasteiger partial charge >= 0.3 is 0 Å². The summed E-state index contributed by atoms with van der Waals surface area (Å²) in [6.07, 6.45) is 1.43. The Hall–Kier alpha value is -2.56. The van der Waals surface area contributed by atoms with Gasteiger partial charge in [0.1, 0.15) is 16.6 Å². The summed E-state index contributed by atoms with van der Waals surface area (Å²) in [6, 6.07) is 13.2. The topological polar surface area (TPSA) is 48.7 Å². The number of hydrogen-bond acceptors (Lipinski definition) is 4. The molecule has 3 aromatic rings. The molecule has 3 nitrogen and oxygen atoms in total. The van der Waals surface area contributed by atoms with Gasteiger partial charge in [0.15, 0.2) is 11.6 Å². The molecule has 0 saturated heterocycles. The smallest absolute Gasteiger partial charge is 0.160 e. The second-order valence-electron chi connectivity index (χ2n) is 4.99. The van der Waals surface area contributed by atoms with E-state index in [1.165, 1.54) is 23.6 Å². The van der Waals surface area contributed by atoms with Crippen LogP contribution in [0.4, 0.5) is 14.5 Å². The van der Waals surface area contributed by atoms with Gasteiger partial charge in [0.05, 0.1) is 5.69 Å². The van der Waals surface area contributed by atoms with E-state index in [0.29, 0.717) is 16.3 Å². The fourth-order valence-corrected chi connectivity index (χ4v) is 3.09. The lowest BCUT2D eigenvalue weighted by atomic mass is 10.2. The van der Waals surface area contributed by atoms with Crippen molar-refractivity contribution in [2.75, 3.05) is 5.32 Å². The monoisotopic (exact) mass is 417 g/mol. The lowest BCUT2D eigenvalue weighted by molar-refractivity contribution is 0.509. The molecule has 0 saturated carbocycles. The Morgan fingerprint density at radius 2 is 1.92 bits per heavy atom. The molecule has 25 heavy (non-hydrogen) atoms. The highest BCUT2D eigenvalue weighted by Gasteiger charge is 2.09. The molecule has 1 heterocycles. The van der Waals surface area contributed by atoms with Crippen molar-refractivity contribution in [2.45, 2.75) is 0 Å². The predicted octanol–water partition coefficient (Wildman–Crippen LogP) is 5.83. The van der Waals surface area contributed by atoms with Gasteiger partial charge in [-0.15, -0.1) is 11.3 Å². The largest absolute Gasteiger partial charge is 0.360 e. The van der Waals surface area contributed by atoms with Gasteiger partial charge < -0.3 is 5.32 Å². The summed E-state index contributed by atoms with van der Waals surface area (Å²) >= 11 is 4.72. The number of rotatable bonds is 4. The summed E-state index contributed by atoms with van der Waals surface area (Å²) < 4.78 is 27.1. The molecule has 0 radical (unpaired) electrons. The SMILES string of the molecule is N#C/C(=C\Nc1ccc(F)c(F)c1)c1nc(-c2ccc(Br)cc2)cs1. The second kappa shape index (κ2) is 7.55. The average molecular weight is 418 g/mol. The van der Waals surface area contributed by atoms with Crippen LogP contribution < -0.4 is 5.32 Å². The van der Waals surface area contributed by atoms with Crippen LogP contribution in [0.3, 0.4) is 0 Å². The Balaban J connectivity index is 1.82. The summed E-state index contributed by atoms with van der Waals surface area (Å²) in [7, 11) is 0. The van der Waals surface area contributed by atoms with Gasteiger partial charge in [-0.25, -0.2) is 13.8 Å². The van der Waals surface area contributed by atoms with E-state index in [1.807, 2.05) is 29.6 Å². The first-order valence-corrected chi connectivity index (χ1v) is 8.78. The zero-order valence-corrected chi connectivity index (χ0v) is 15.0. The molecule has 3 rings (SSSR count). The third kappa shape index (κ3) is 4.10. The average Bonchev–Trinajstić information content (AvgIpc) is 3.09. The highest BCUT2D eigenvalue weighted by molar-refractivity contribution is 9.10. The van der Waals surface area contributed by atoms with Crippen LogP contribution in [0.1, 0.15) is 5.01 Å². The quantitative estimate of drug-likeness (QED) is 0.543. The fraction of sp³-hybridized carbons (Fsp3) is 0. The number of halogens is 3. The van der Waals surface area contributed by atoms with E-state index >= 15 is 0 Å². The number of nitrogens with zero attached hydrogens (tertiary/aromatic N) is 2.